The predicted octanol–water partition coefficient (Wildman–Crippen LogP) is 2.38. The first-order valence-corrected chi connectivity index (χ1v) is 4.14. The molecule has 0 saturated carbocycles. The van der Waals surface area contributed by atoms with E-state index in [0.29, 0.717) is 0 Å². The van der Waals surface area contributed by atoms with Crippen molar-refractivity contribution in [1.82, 2.24) is 4.98 Å². The van der Waals surface area contributed by atoms with Crippen LogP contribution in [0.5, 0.6) is 0 Å². The van der Waals surface area contributed by atoms with E-state index in [9.17, 15) is 4.79 Å². The van der Waals surface area contributed by atoms with Gasteiger partial charge in [-0.05, 0) is 5.56 Å². The van der Waals surface area contributed by atoms with Crippen molar-refractivity contribution in [2.45, 2.75) is 0 Å². The van der Waals surface area contributed by atoms with E-state index >= 15 is 0 Å². The second kappa shape index (κ2) is 3.54. The summed E-state index contributed by atoms with van der Waals surface area (Å²) in [5.41, 5.74) is 1.49. The third-order valence-electron chi connectivity index (χ3n) is 1.47. The highest BCUT2D eigenvalue weighted by atomic mass is 79.9. The number of H-pyrrole nitrogens is 1. The maximum absolute atomic E-state index is 10.9. The molecular weight excluding hydrogens is 218 g/mol. The zero-order valence-electron chi connectivity index (χ0n) is 6.43. The molecule has 12 heavy (non-hydrogen) atoms. The van der Waals surface area contributed by atoms with E-state index in [-0.39, 0.29) is 5.56 Å². The largest absolute Gasteiger partial charge is 0.328 e. The van der Waals surface area contributed by atoms with Gasteiger partial charge in [-0.3, -0.25) is 4.79 Å². The van der Waals surface area contributed by atoms with Crippen LogP contribution in [0.15, 0.2) is 30.2 Å². The minimum atomic E-state index is -0.137. The van der Waals surface area contributed by atoms with Gasteiger partial charge < -0.3 is 4.98 Å². The van der Waals surface area contributed by atoms with Crippen LogP contribution in [-0.2, 0) is 0 Å². The van der Waals surface area contributed by atoms with Crippen LogP contribution in [0.25, 0.3) is 10.6 Å². The number of rotatable bonds is 2. The van der Waals surface area contributed by atoms with E-state index in [2.05, 4.69) is 34.1 Å². The Morgan fingerprint density at radius 1 is 1.67 bits per heavy atom. The molecule has 1 aromatic heterocycles. The highest BCUT2D eigenvalue weighted by Gasteiger charge is 2.00. The van der Waals surface area contributed by atoms with Crippen molar-refractivity contribution in [1.29, 1.82) is 0 Å². The molecule has 1 aromatic rings. The van der Waals surface area contributed by atoms with Crippen LogP contribution < -0.4 is 5.56 Å². The number of aromatic nitrogens is 1. The van der Waals surface area contributed by atoms with Gasteiger partial charge in [0.25, 0.3) is 0 Å². The first kappa shape index (κ1) is 9.00. The quantitative estimate of drug-likeness (QED) is 0.824. The van der Waals surface area contributed by atoms with Crippen molar-refractivity contribution in [3.63, 3.8) is 0 Å². The lowest BCUT2D eigenvalue weighted by Gasteiger charge is -2.01. The van der Waals surface area contributed by atoms with Crippen molar-refractivity contribution in [2.75, 3.05) is 0 Å². The third-order valence-corrected chi connectivity index (χ3v) is 1.90. The molecule has 1 N–H and O–H groups in total. The Kier molecular flexibility index (Phi) is 2.65. The van der Waals surface area contributed by atoms with Gasteiger partial charge in [0.05, 0.1) is 0 Å². The molecule has 3 heteroatoms. The second-order valence-electron chi connectivity index (χ2n) is 2.28. The molecule has 0 unspecified atom stereocenters. The number of halogens is 1. The summed E-state index contributed by atoms with van der Waals surface area (Å²) in [7, 11) is 0. The second-order valence-corrected chi connectivity index (χ2v) is 3.23. The van der Waals surface area contributed by atoms with E-state index in [1.807, 2.05) is 0 Å². The molecule has 0 atom stereocenters. The number of pyridine rings is 1. The molecule has 0 aliphatic heterocycles. The molecule has 0 aromatic carbocycles. The van der Waals surface area contributed by atoms with Crippen LogP contribution in [0.4, 0.5) is 0 Å². The molecule has 0 spiro atoms. The lowest BCUT2D eigenvalue weighted by molar-refractivity contribution is 1.22. The Balaban J connectivity index is 3.39. The lowest BCUT2D eigenvalue weighted by Crippen LogP contribution is -2.04. The van der Waals surface area contributed by atoms with Crippen molar-refractivity contribution in [3.8, 4) is 0 Å². The van der Waals surface area contributed by atoms with Crippen molar-refractivity contribution in [3.05, 3.63) is 46.9 Å². The topological polar surface area (TPSA) is 32.9 Å². The number of aromatic amines is 1. The van der Waals surface area contributed by atoms with Crippen molar-refractivity contribution >= 4 is 26.5 Å². The van der Waals surface area contributed by atoms with Crippen LogP contribution in [0, 0.1) is 0 Å². The lowest BCUT2D eigenvalue weighted by atomic mass is 10.1. The van der Waals surface area contributed by atoms with Gasteiger partial charge in [-0.2, -0.15) is 0 Å². The fourth-order valence-corrected chi connectivity index (χ4v) is 1.23. The minimum Gasteiger partial charge on any atom is -0.328 e. The van der Waals surface area contributed by atoms with Crippen LogP contribution >= 0.6 is 15.9 Å². The molecule has 0 amide bonds. The van der Waals surface area contributed by atoms with Crippen LogP contribution in [0.1, 0.15) is 11.1 Å². The predicted molar refractivity (Wildman–Crippen MR) is 55.1 cm³/mol. The maximum Gasteiger partial charge on any atom is 0.248 e. The smallest absolute Gasteiger partial charge is 0.248 e. The zero-order chi connectivity index (χ0) is 9.14. The summed E-state index contributed by atoms with van der Waals surface area (Å²) in [4.78, 5) is 13.4. The van der Waals surface area contributed by atoms with Gasteiger partial charge in [0.2, 0.25) is 5.56 Å². The van der Waals surface area contributed by atoms with Gasteiger partial charge in [0, 0.05) is 22.3 Å². The van der Waals surface area contributed by atoms with Gasteiger partial charge >= 0.3 is 0 Å². The molecule has 0 bridgehead atoms. The number of hydrogen-bond donors (Lipinski definition) is 1. The molecular formula is C9H8BrNO. The number of nitrogens with one attached hydrogen (secondary N) is 1. The van der Waals surface area contributed by atoms with E-state index < -0.39 is 0 Å². The normalized spacial score (nSPS) is 9.42. The van der Waals surface area contributed by atoms with E-state index in [0.717, 1.165) is 15.6 Å². The highest BCUT2D eigenvalue weighted by Crippen LogP contribution is 2.21. The molecule has 1 rings (SSSR count). The van der Waals surface area contributed by atoms with Gasteiger partial charge in [0.15, 0.2) is 0 Å². The van der Waals surface area contributed by atoms with E-state index in [1.54, 1.807) is 12.3 Å². The Morgan fingerprint density at radius 2 is 2.33 bits per heavy atom. The Hall–Kier alpha value is -1.09. The van der Waals surface area contributed by atoms with Gasteiger partial charge in [0.1, 0.15) is 0 Å². The van der Waals surface area contributed by atoms with Crippen LogP contribution in [0.3, 0.4) is 0 Å². The molecule has 1 heterocycles. The Morgan fingerprint density at radius 3 is 2.83 bits per heavy atom. The molecule has 0 fully saturated rings. The summed E-state index contributed by atoms with van der Waals surface area (Å²) in [5, 5.41) is 0. The fraction of sp³-hybridized carbons (Fsp3) is 0. The molecule has 2 nitrogen and oxygen atoms in total. The number of hydrogen-bond acceptors (Lipinski definition) is 1. The van der Waals surface area contributed by atoms with Crippen molar-refractivity contribution < 1.29 is 0 Å². The van der Waals surface area contributed by atoms with Gasteiger partial charge in [-0.25, -0.2) is 0 Å². The third kappa shape index (κ3) is 1.74. The fourth-order valence-electron chi connectivity index (χ4n) is 0.891. The molecule has 0 saturated heterocycles. The SMILES string of the molecule is C=Cc1cc(=O)[nH]cc1C(=C)Br. The monoisotopic (exact) mass is 225 g/mol. The first-order chi connectivity index (χ1) is 5.65. The standard InChI is InChI=1S/C9H8BrNO/c1-3-7-4-9(12)11-5-8(7)6(2)10/h3-5H,1-2H2,(H,11,12). The molecule has 0 radical (unpaired) electrons. The molecule has 62 valence electrons. The Labute approximate surface area is 78.8 Å². The summed E-state index contributed by atoms with van der Waals surface area (Å²) in [5.74, 6) is 0. The summed E-state index contributed by atoms with van der Waals surface area (Å²) in [6.07, 6.45) is 3.23. The zero-order valence-corrected chi connectivity index (χ0v) is 8.02. The summed E-state index contributed by atoms with van der Waals surface area (Å²) >= 11 is 3.23. The van der Waals surface area contributed by atoms with E-state index in [1.165, 1.54) is 6.07 Å². The summed E-state index contributed by atoms with van der Waals surface area (Å²) in [6.45, 7) is 7.31. The van der Waals surface area contributed by atoms with Crippen LogP contribution in [0.2, 0.25) is 0 Å². The summed E-state index contributed by atoms with van der Waals surface area (Å²) in [6, 6.07) is 1.48. The van der Waals surface area contributed by atoms with E-state index in [4.69, 9.17) is 0 Å². The minimum absolute atomic E-state index is 0.137. The maximum atomic E-state index is 10.9. The average Bonchev–Trinajstić information content (AvgIpc) is 2.03. The highest BCUT2D eigenvalue weighted by molar-refractivity contribution is 9.15. The molecule has 0 aliphatic carbocycles. The van der Waals surface area contributed by atoms with Crippen molar-refractivity contribution in [2.24, 2.45) is 0 Å². The summed E-state index contributed by atoms with van der Waals surface area (Å²) < 4.78 is 0.730. The van der Waals surface area contributed by atoms with Gasteiger partial charge in [-0.1, -0.05) is 35.2 Å². The van der Waals surface area contributed by atoms with Crippen LogP contribution in [-0.4, -0.2) is 4.98 Å². The Bertz CT molecular complexity index is 378. The first-order valence-electron chi connectivity index (χ1n) is 3.35. The van der Waals surface area contributed by atoms with Gasteiger partial charge in [-0.15, -0.1) is 0 Å². The average molecular weight is 226 g/mol. The molecule has 0 aliphatic rings.